The first-order valence-corrected chi connectivity index (χ1v) is 5.88. The van der Waals surface area contributed by atoms with E-state index in [0.29, 0.717) is 10.7 Å². The fourth-order valence-corrected chi connectivity index (χ4v) is 2.28. The first-order valence-electron chi connectivity index (χ1n) is 5.06. The molecule has 18 heavy (non-hydrogen) atoms. The van der Waals surface area contributed by atoms with Crippen molar-refractivity contribution in [3.63, 3.8) is 0 Å². The van der Waals surface area contributed by atoms with Crippen LogP contribution in [0.1, 0.15) is 11.3 Å². The second kappa shape index (κ2) is 4.61. The fourth-order valence-electron chi connectivity index (χ4n) is 1.42. The van der Waals surface area contributed by atoms with Crippen LogP contribution in [-0.2, 0) is 6.18 Å². The highest BCUT2D eigenvalue weighted by molar-refractivity contribution is 7.99. The summed E-state index contributed by atoms with van der Waals surface area (Å²) in [4.78, 5) is 1.41. The maximum atomic E-state index is 12.5. The van der Waals surface area contributed by atoms with E-state index in [-0.39, 0.29) is 5.69 Å². The topological polar surface area (TPSA) is 39.2 Å². The van der Waals surface area contributed by atoms with Crippen LogP contribution in [0.3, 0.4) is 0 Å². The van der Waals surface area contributed by atoms with Crippen molar-refractivity contribution >= 4 is 17.4 Å². The minimum Gasteiger partial charge on any atom is -0.468 e. The summed E-state index contributed by atoms with van der Waals surface area (Å²) in [6.07, 6.45) is -2.85. The first kappa shape index (κ1) is 12.9. The summed E-state index contributed by atoms with van der Waals surface area (Å²) in [5.74, 6) is 0.708. The zero-order valence-corrected chi connectivity index (χ0v) is 10.2. The number of anilines is 1. The van der Waals surface area contributed by atoms with E-state index in [1.807, 2.05) is 0 Å². The van der Waals surface area contributed by atoms with Crippen LogP contribution in [0.2, 0.25) is 0 Å². The van der Waals surface area contributed by atoms with Crippen molar-refractivity contribution in [1.29, 1.82) is 0 Å². The monoisotopic (exact) mass is 273 g/mol. The molecule has 2 N–H and O–H groups in total. The van der Waals surface area contributed by atoms with Gasteiger partial charge in [0.1, 0.15) is 5.76 Å². The van der Waals surface area contributed by atoms with Gasteiger partial charge in [-0.1, -0.05) is 11.8 Å². The molecule has 2 rings (SSSR count). The van der Waals surface area contributed by atoms with Gasteiger partial charge < -0.3 is 10.2 Å². The molecule has 0 atom stereocenters. The molecule has 1 aromatic carbocycles. The SMILES string of the molecule is Cc1occc1Sc1ccc(C(F)(F)F)cc1N. The number of rotatable bonds is 2. The number of nitrogens with two attached hydrogens (primary N) is 1. The molecule has 0 aliphatic heterocycles. The number of nitrogen functional groups attached to an aromatic ring is 1. The quantitative estimate of drug-likeness (QED) is 0.827. The maximum absolute atomic E-state index is 12.5. The lowest BCUT2D eigenvalue weighted by Crippen LogP contribution is -2.05. The summed E-state index contributed by atoms with van der Waals surface area (Å²) in [5.41, 5.74) is 5.00. The van der Waals surface area contributed by atoms with Crippen molar-refractivity contribution < 1.29 is 17.6 Å². The third-order valence-corrected chi connectivity index (χ3v) is 3.60. The Morgan fingerprint density at radius 1 is 1.17 bits per heavy atom. The Labute approximate surface area is 106 Å². The minimum atomic E-state index is -4.37. The number of halogens is 3. The normalized spacial score (nSPS) is 11.8. The van der Waals surface area contributed by atoms with Gasteiger partial charge >= 0.3 is 6.18 Å². The third kappa shape index (κ3) is 2.64. The molecule has 0 bridgehead atoms. The molecule has 0 amide bonds. The molecule has 0 fully saturated rings. The lowest BCUT2D eigenvalue weighted by molar-refractivity contribution is -0.137. The number of aryl methyl sites for hydroxylation is 1. The van der Waals surface area contributed by atoms with Gasteiger partial charge in [0.15, 0.2) is 0 Å². The maximum Gasteiger partial charge on any atom is 0.416 e. The summed E-state index contributed by atoms with van der Waals surface area (Å²) in [6, 6.07) is 5.08. The molecule has 1 aromatic heterocycles. The number of hydrogen-bond acceptors (Lipinski definition) is 3. The molecule has 0 saturated heterocycles. The standard InChI is InChI=1S/C12H10F3NOS/c1-7-10(4-5-17-7)18-11-3-2-8(6-9(11)16)12(13,14)15/h2-6H,16H2,1H3. The second-order valence-corrected chi connectivity index (χ2v) is 4.78. The van der Waals surface area contributed by atoms with Crippen LogP contribution < -0.4 is 5.73 Å². The van der Waals surface area contributed by atoms with Crippen molar-refractivity contribution in [1.82, 2.24) is 0 Å². The van der Waals surface area contributed by atoms with Crippen molar-refractivity contribution in [2.24, 2.45) is 0 Å². The van der Waals surface area contributed by atoms with Gasteiger partial charge in [-0.15, -0.1) is 0 Å². The average Bonchev–Trinajstić information content (AvgIpc) is 2.66. The van der Waals surface area contributed by atoms with Crippen molar-refractivity contribution in [2.45, 2.75) is 22.9 Å². The molecule has 0 unspecified atom stereocenters. The lowest BCUT2D eigenvalue weighted by atomic mass is 10.2. The molecule has 96 valence electrons. The Hall–Kier alpha value is -1.56. The summed E-state index contributed by atoms with van der Waals surface area (Å²) in [6.45, 7) is 1.78. The molecule has 0 spiro atoms. The first-order chi connectivity index (χ1) is 8.38. The van der Waals surface area contributed by atoms with Gasteiger partial charge in [0.25, 0.3) is 0 Å². The molecular weight excluding hydrogens is 263 g/mol. The molecular formula is C12H10F3NOS. The van der Waals surface area contributed by atoms with Gasteiger partial charge in [-0.3, -0.25) is 0 Å². The van der Waals surface area contributed by atoms with Gasteiger partial charge in [-0.05, 0) is 31.2 Å². The Kier molecular flexibility index (Phi) is 3.30. The van der Waals surface area contributed by atoms with Crippen LogP contribution in [0.4, 0.5) is 18.9 Å². The lowest BCUT2D eigenvalue weighted by Gasteiger charge is -2.10. The molecule has 0 saturated carbocycles. The van der Waals surface area contributed by atoms with Crippen LogP contribution in [-0.4, -0.2) is 0 Å². The van der Waals surface area contributed by atoms with Gasteiger partial charge in [0.05, 0.1) is 16.7 Å². The van der Waals surface area contributed by atoms with E-state index in [4.69, 9.17) is 10.2 Å². The summed E-state index contributed by atoms with van der Waals surface area (Å²) < 4.78 is 42.5. The van der Waals surface area contributed by atoms with Gasteiger partial charge in [0, 0.05) is 10.6 Å². The van der Waals surface area contributed by atoms with Crippen LogP contribution in [0.5, 0.6) is 0 Å². The van der Waals surface area contributed by atoms with E-state index in [2.05, 4.69) is 0 Å². The van der Waals surface area contributed by atoms with E-state index in [1.165, 1.54) is 24.1 Å². The molecule has 2 nitrogen and oxygen atoms in total. The Morgan fingerprint density at radius 3 is 2.39 bits per heavy atom. The largest absolute Gasteiger partial charge is 0.468 e. The zero-order valence-electron chi connectivity index (χ0n) is 9.41. The highest BCUT2D eigenvalue weighted by Gasteiger charge is 2.30. The number of hydrogen-bond donors (Lipinski definition) is 1. The smallest absolute Gasteiger partial charge is 0.416 e. The van der Waals surface area contributed by atoms with Crippen molar-refractivity contribution in [2.75, 3.05) is 5.73 Å². The fraction of sp³-hybridized carbons (Fsp3) is 0.167. The Balaban J connectivity index is 2.29. The Bertz CT molecular complexity index is 563. The van der Waals surface area contributed by atoms with E-state index >= 15 is 0 Å². The predicted molar refractivity (Wildman–Crippen MR) is 63.4 cm³/mol. The molecule has 2 aromatic rings. The summed E-state index contributed by atoms with van der Waals surface area (Å²) in [5, 5.41) is 0. The van der Waals surface area contributed by atoms with Gasteiger partial charge in [0.2, 0.25) is 0 Å². The van der Waals surface area contributed by atoms with Crippen LogP contribution in [0, 0.1) is 6.92 Å². The van der Waals surface area contributed by atoms with E-state index in [0.717, 1.165) is 17.0 Å². The van der Waals surface area contributed by atoms with Crippen LogP contribution in [0.15, 0.2) is 44.7 Å². The van der Waals surface area contributed by atoms with Gasteiger partial charge in [-0.25, -0.2) is 0 Å². The van der Waals surface area contributed by atoms with E-state index in [1.54, 1.807) is 13.0 Å². The van der Waals surface area contributed by atoms with Gasteiger partial charge in [-0.2, -0.15) is 13.2 Å². The highest BCUT2D eigenvalue weighted by Crippen LogP contribution is 2.38. The molecule has 0 aliphatic rings. The zero-order chi connectivity index (χ0) is 13.3. The number of benzene rings is 1. The third-order valence-electron chi connectivity index (χ3n) is 2.37. The molecule has 6 heteroatoms. The van der Waals surface area contributed by atoms with Crippen molar-refractivity contribution in [3.8, 4) is 0 Å². The van der Waals surface area contributed by atoms with Crippen LogP contribution >= 0.6 is 11.8 Å². The average molecular weight is 273 g/mol. The van der Waals surface area contributed by atoms with E-state index < -0.39 is 11.7 Å². The number of alkyl halides is 3. The second-order valence-electron chi connectivity index (χ2n) is 3.69. The van der Waals surface area contributed by atoms with Crippen molar-refractivity contribution in [3.05, 3.63) is 41.9 Å². The molecule has 0 radical (unpaired) electrons. The molecule has 0 aliphatic carbocycles. The minimum absolute atomic E-state index is 0.107. The van der Waals surface area contributed by atoms with Crippen LogP contribution in [0.25, 0.3) is 0 Å². The summed E-state index contributed by atoms with van der Waals surface area (Å²) in [7, 11) is 0. The predicted octanol–water partition coefficient (Wildman–Crippen LogP) is 4.34. The van der Waals surface area contributed by atoms with E-state index in [9.17, 15) is 13.2 Å². The molecule has 1 heterocycles. The highest BCUT2D eigenvalue weighted by atomic mass is 32.2. The Morgan fingerprint density at radius 2 is 1.89 bits per heavy atom. The summed E-state index contributed by atoms with van der Waals surface area (Å²) >= 11 is 1.28. The number of furan rings is 1.